The van der Waals surface area contributed by atoms with Crippen molar-refractivity contribution in [2.75, 3.05) is 12.3 Å². The van der Waals surface area contributed by atoms with Gasteiger partial charge in [-0.1, -0.05) is 41.9 Å². The molecule has 0 aromatic heterocycles. The lowest BCUT2D eigenvalue weighted by Gasteiger charge is -2.07. The van der Waals surface area contributed by atoms with Crippen molar-refractivity contribution in [1.29, 1.82) is 0 Å². The molecule has 3 nitrogen and oxygen atoms in total. The Labute approximate surface area is 145 Å². The number of halogens is 2. The second kappa shape index (κ2) is 8.68. The number of nitrogens with one attached hydrogen (secondary N) is 1. The fraction of sp³-hybridized carbons (Fsp3) is 0.250. The number of thioether (sulfide) groups is 1. The largest absolute Gasteiger partial charge is 0.215 e. The van der Waals surface area contributed by atoms with Crippen molar-refractivity contribution < 1.29 is 12.8 Å². The van der Waals surface area contributed by atoms with Crippen molar-refractivity contribution in [3.63, 3.8) is 0 Å². The van der Waals surface area contributed by atoms with Crippen LogP contribution >= 0.6 is 23.4 Å². The van der Waals surface area contributed by atoms with Crippen LogP contribution in [0.3, 0.4) is 0 Å². The fourth-order valence-corrected chi connectivity index (χ4v) is 4.16. The quantitative estimate of drug-likeness (QED) is 0.715. The van der Waals surface area contributed by atoms with E-state index >= 15 is 0 Å². The standard InChI is InChI=1S/C16H17ClFNO2S2/c17-15-7-5-13(6-8-15)12-23(20,21)19-9-10-22-11-14-3-1-2-4-16(14)18/h1-8,19H,9-12H2. The van der Waals surface area contributed by atoms with E-state index in [0.717, 1.165) is 0 Å². The molecule has 0 aliphatic carbocycles. The van der Waals surface area contributed by atoms with Crippen molar-refractivity contribution in [2.24, 2.45) is 0 Å². The van der Waals surface area contributed by atoms with Crippen LogP contribution in [0.2, 0.25) is 5.02 Å². The van der Waals surface area contributed by atoms with Gasteiger partial charge in [0.05, 0.1) is 5.75 Å². The van der Waals surface area contributed by atoms with Crippen molar-refractivity contribution in [1.82, 2.24) is 4.72 Å². The van der Waals surface area contributed by atoms with E-state index in [9.17, 15) is 12.8 Å². The molecule has 0 unspecified atom stereocenters. The maximum Gasteiger partial charge on any atom is 0.215 e. The lowest BCUT2D eigenvalue weighted by molar-refractivity contribution is 0.583. The van der Waals surface area contributed by atoms with Crippen molar-refractivity contribution in [3.05, 3.63) is 70.5 Å². The van der Waals surface area contributed by atoms with Gasteiger partial charge in [-0.3, -0.25) is 0 Å². The van der Waals surface area contributed by atoms with E-state index in [2.05, 4.69) is 4.72 Å². The topological polar surface area (TPSA) is 46.2 Å². The van der Waals surface area contributed by atoms with Crippen LogP contribution in [0, 0.1) is 5.82 Å². The Morgan fingerprint density at radius 3 is 2.48 bits per heavy atom. The molecule has 7 heteroatoms. The molecule has 23 heavy (non-hydrogen) atoms. The van der Waals surface area contributed by atoms with Gasteiger partial charge in [0.15, 0.2) is 0 Å². The highest BCUT2D eigenvalue weighted by atomic mass is 35.5. The first-order chi connectivity index (χ1) is 11.0. The van der Waals surface area contributed by atoms with Crippen molar-refractivity contribution in [2.45, 2.75) is 11.5 Å². The van der Waals surface area contributed by atoms with Gasteiger partial charge in [-0.15, -0.1) is 0 Å². The molecular formula is C16H17ClFNO2S2. The first-order valence-electron chi connectivity index (χ1n) is 6.99. The number of rotatable bonds is 8. The summed E-state index contributed by atoms with van der Waals surface area (Å²) in [6.07, 6.45) is 0. The maximum absolute atomic E-state index is 13.4. The SMILES string of the molecule is O=S(=O)(Cc1ccc(Cl)cc1)NCCSCc1ccccc1F. The molecule has 0 heterocycles. The van der Waals surface area contributed by atoms with Gasteiger partial charge in [-0.05, 0) is 29.3 Å². The van der Waals surface area contributed by atoms with E-state index < -0.39 is 10.0 Å². The van der Waals surface area contributed by atoms with Gasteiger partial charge in [0, 0.05) is 23.1 Å². The zero-order valence-electron chi connectivity index (χ0n) is 12.3. The molecule has 0 amide bonds. The van der Waals surface area contributed by atoms with E-state index in [1.807, 2.05) is 0 Å². The molecule has 2 aromatic carbocycles. The Morgan fingerprint density at radius 2 is 1.78 bits per heavy atom. The Kier molecular flexibility index (Phi) is 6.89. The Hall–Kier alpha value is -1.08. The molecule has 0 saturated carbocycles. The lowest BCUT2D eigenvalue weighted by atomic mass is 10.2. The smallest absolute Gasteiger partial charge is 0.214 e. The monoisotopic (exact) mass is 373 g/mol. The summed E-state index contributed by atoms with van der Waals surface area (Å²) in [6, 6.07) is 13.3. The summed E-state index contributed by atoms with van der Waals surface area (Å²) in [5, 5.41) is 0.573. The van der Waals surface area contributed by atoms with E-state index in [4.69, 9.17) is 11.6 Å². The normalized spacial score (nSPS) is 11.6. The summed E-state index contributed by atoms with van der Waals surface area (Å²) in [5.74, 6) is 0.783. The number of hydrogen-bond donors (Lipinski definition) is 1. The number of sulfonamides is 1. The van der Waals surface area contributed by atoms with E-state index in [-0.39, 0.29) is 11.6 Å². The highest BCUT2D eigenvalue weighted by molar-refractivity contribution is 7.98. The molecule has 2 rings (SSSR count). The third-order valence-electron chi connectivity index (χ3n) is 3.05. The predicted molar refractivity (Wildman–Crippen MR) is 94.6 cm³/mol. The fourth-order valence-electron chi connectivity index (χ4n) is 1.92. The van der Waals surface area contributed by atoms with Crippen LogP contribution in [0.1, 0.15) is 11.1 Å². The minimum atomic E-state index is -3.38. The predicted octanol–water partition coefficient (Wildman–Crippen LogP) is 3.83. The van der Waals surface area contributed by atoms with Crippen LogP contribution in [-0.2, 0) is 21.5 Å². The Bertz CT molecular complexity index is 736. The van der Waals surface area contributed by atoms with Crippen LogP contribution < -0.4 is 4.72 Å². The van der Waals surface area contributed by atoms with Crippen molar-refractivity contribution >= 4 is 33.4 Å². The van der Waals surface area contributed by atoms with Crippen LogP contribution in [0.4, 0.5) is 4.39 Å². The van der Waals surface area contributed by atoms with Crippen molar-refractivity contribution in [3.8, 4) is 0 Å². The molecule has 0 fully saturated rings. The minimum absolute atomic E-state index is 0.0812. The molecule has 124 valence electrons. The molecular weight excluding hydrogens is 357 g/mol. The third-order valence-corrected chi connectivity index (χ3v) is 5.67. The summed E-state index contributed by atoms with van der Waals surface area (Å²) in [6.45, 7) is 0.315. The van der Waals surface area contributed by atoms with Gasteiger partial charge in [0.25, 0.3) is 0 Å². The number of hydrogen-bond acceptors (Lipinski definition) is 3. The van der Waals surface area contributed by atoms with Crippen LogP contribution in [-0.4, -0.2) is 20.7 Å². The van der Waals surface area contributed by atoms with Gasteiger partial charge in [-0.2, -0.15) is 11.8 Å². The average molecular weight is 374 g/mol. The van der Waals surface area contributed by atoms with Crippen LogP contribution in [0.25, 0.3) is 0 Å². The van der Waals surface area contributed by atoms with E-state index in [1.165, 1.54) is 17.8 Å². The Morgan fingerprint density at radius 1 is 1.09 bits per heavy atom. The summed E-state index contributed by atoms with van der Waals surface area (Å²) in [5.41, 5.74) is 1.31. The second-order valence-electron chi connectivity index (χ2n) is 4.92. The van der Waals surface area contributed by atoms with Gasteiger partial charge >= 0.3 is 0 Å². The second-order valence-corrected chi connectivity index (χ2v) is 8.27. The molecule has 0 spiro atoms. The lowest BCUT2D eigenvalue weighted by Crippen LogP contribution is -2.27. The first-order valence-corrected chi connectivity index (χ1v) is 10.2. The molecule has 0 atom stereocenters. The van der Waals surface area contributed by atoms with Gasteiger partial charge in [-0.25, -0.2) is 17.5 Å². The van der Waals surface area contributed by atoms with E-state index in [1.54, 1.807) is 42.5 Å². The summed E-state index contributed by atoms with van der Waals surface area (Å²) in [7, 11) is -3.38. The van der Waals surface area contributed by atoms with Crippen LogP contribution in [0.5, 0.6) is 0 Å². The van der Waals surface area contributed by atoms with Gasteiger partial charge < -0.3 is 0 Å². The molecule has 0 aliphatic heterocycles. The maximum atomic E-state index is 13.4. The summed E-state index contributed by atoms with van der Waals surface area (Å²) >= 11 is 7.25. The third kappa shape index (κ3) is 6.51. The average Bonchev–Trinajstić information content (AvgIpc) is 2.51. The van der Waals surface area contributed by atoms with Crippen LogP contribution in [0.15, 0.2) is 48.5 Å². The Balaban J connectivity index is 1.72. The molecule has 0 aliphatic rings. The molecule has 0 radical (unpaired) electrons. The highest BCUT2D eigenvalue weighted by Crippen LogP contribution is 2.15. The highest BCUT2D eigenvalue weighted by Gasteiger charge is 2.10. The number of benzene rings is 2. The van der Waals surface area contributed by atoms with Gasteiger partial charge in [0.2, 0.25) is 10.0 Å². The molecule has 0 bridgehead atoms. The summed E-state index contributed by atoms with van der Waals surface area (Å²) in [4.78, 5) is 0. The first kappa shape index (κ1) is 18.3. The minimum Gasteiger partial charge on any atom is -0.214 e. The zero-order valence-corrected chi connectivity index (χ0v) is 14.7. The van der Waals surface area contributed by atoms with Gasteiger partial charge in [0.1, 0.15) is 5.82 Å². The van der Waals surface area contributed by atoms with E-state index in [0.29, 0.717) is 34.2 Å². The molecule has 1 N–H and O–H groups in total. The zero-order chi connectivity index (χ0) is 16.7. The summed E-state index contributed by atoms with van der Waals surface area (Å²) < 4.78 is 39.9. The molecule has 0 saturated heterocycles. The molecule has 2 aromatic rings.